The van der Waals surface area contributed by atoms with Gasteiger partial charge in [0.15, 0.2) is 0 Å². The molecule has 2 N–H and O–H groups in total. The van der Waals surface area contributed by atoms with Crippen LogP contribution < -0.4 is 20.3 Å². The van der Waals surface area contributed by atoms with Crippen LogP contribution in [-0.4, -0.2) is 99.3 Å². The van der Waals surface area contributed by atoms with Gasteiger partial charge < -0.3 is 19.9 Å². The maximum atomic E-state index is 14.0. The van der Waals surface area contributed by atoms with E-state index in [2.05, 4.69) is 20.5 Å². The highest BCUT2D eigenvalue weighted by atomic mass is 19.4. The van der Waals surface area contributed by atoms with Crippen molar-refractivity contribution >= 4 is 57.7 Å². The first kappa shape index (κ1) is 40.1. The van der Waals surface area contributed by atoms with Crippen LogP contribution in [0.5, 0.6) is 5.75 Å². The normalized spacial score (nSPS) is 21.4. The van der Waals surface area contributed by atoms with Crippen LogP contribution in [0.15, 0.2) is 54.7 Å². The van der Waals surface area contributed by atoms with E-state index in [1.165, 1.54) is 13.2 Å². The van der Waals surface area contributed by atoms with Gasteiger partial charge in [0.05, 0.1) is 35.5 Å². The summed E-state index contributed by atoms with van der Waals surface area (Å²) in [6.07, 6.45) is 2.14. The number of aromatic nitrogens is 3. The molecule has 1 saturated carbocycles. The van der Waals surface area contributed by atoms with E-state index in [1.54, 1.807) is 30.3 Å². The Morgan fingerprint density at radius 1 is 0.918 bits per heavy atom. The number of fused-ring (bicyclic) bond motifs is 2. The minimum absolute atomic E-state index is 0.0499. The number of nitrogens with zero attached hydrogens (tertiary/aromatic N) is 6. The number of halogens is 3. The Morgan fingerprint density at radius 2 is 1.64 bits per heavy atom. The monoisotopic (exact) mass is 840 g/mol. The SMILES string of the molecule is COc1cc2nn(C3CC4(CCN(C(=O)C5(C)CCN(c6ccc7c(c6)C(=O)N(C6CCC(=O)NC6=O)C7=O)CC5)CC4)C3)cc2cc1NC(=O)c1cccc(C(F)(F)F)n1. The maximum Gasteiger partial charge on any atom is 0.433 e. The first-order valence-corrected chi connectivity index (χ1v) is 20.4. The number of nitrogens with one attached hydrogen (secondary N) is 2. The van der Waals surface area contributed by atoms with Crippen LogP contribution in [0.1, 0.15) is 101 Å². The van der Waals surface area contributed by atoms with Crippen molar-refractivity contribution in [3.63, 3.8) is 0 Å². The molecule has 5 aliphatic rings. The number of hydrogen-bond acceptors (Lipinski definition) is 10. The molecule has 0 bridgehead atoms. The largest absolute Gasteiger partial charge is 0.494 e. The third kappa shape index (κ3) is 7.14. The molecule has 2 aromatic heterocycles. The molecule has 3 saturated heterocycles. The first-order chi connectivity index (χ1) is 29.0. The average Bonchev–Trinajstić information content (AvgIpc) is 3.75. The Kier molecular flexibility index (Phi) is 9.66. The minimum Gasteiger partial charge on any atom is -0.494 e. The number of rotatable bonds is 7. The van der Waals surface area contributed by atoms with Gasteiger partial charge in [-0.25, -0.2) is 4.98 Å². The number of amides is 6. The molecule has 318 valence electrons. The molecule has 15 nitrogen and oxygen atoms in total. The van der Waals surface area contributed by atoms with Gasteiger partial charge in [0.2, 0.25) is 17.7 Å². The molecule has 1 atom stereocenters. The van der Waals surface area contributed by atoms with Crippen molar-refractivity contribution < 1.29 is 46.7 Å². The fraction of sp³-hybridized carbons (Fsp3) is 0.442. The number of carbonyl (C=O) groups excluding carboxylic acids is 6. The van der Waals surface area contributed by atoms with Crippen LogP contribution in [0.25, 0.3) is 10.9 Å². The molecule has 4 aromatic rings. The van der Waals surface area contributed by atoms with E-state index in [1.807, 2.05) is 22.7 Å². The highest BCUT2D eigenvalue weighted by Crippen LogP contribution is 2.55. The van der Waals surface area contributed by atoms with E-state index < -0.39 is 52.9 Å². The summed E-state index contributed by atoms with van der Waals surface area (Å²) in [6, 6.07) is 10.7. The Bertz CT molecular complexity index is 2510. The Hall–Kier alpha value is -6.33. The number of benzene rings is 2. The Balaban J connectivity index is 0.785. The predicted octanol–water partition coefficient (Wildman–Crippen LogP) is 5.36. The van der Waals surface area contributed by atoms with Gasteiger partial charge in [-0.1, -0.05) is 13.0 Å². The molecule has 1 spiro atoms. The number of ether oxygens (including phenoxy) is 1. The smallest absolute Gasteiger partial charge is 0.433 e. The maximum absolute atomic E-state index is 14.0. The third-order valence-electron chi connectivity index (χ3n) is 13.4. The minimum atomic E-state index is -4.69. The zero-order valence-electron chi connectivity index (χ0n) is 33.5. The zero-order chi connectivity index (χ0) is 43.0. The molecule has 0 radical (unpaired) electrons. The fourth-order valence-corrected chi connectivity index (χ4v) is 9.66. The third-order valence-corrected chi connectivity index (χ3v) is 13.4. The van der Waals surface area contributed by atoms with Crippen LogP contribution >= 0.6 is 0 Å². The summed E-state index contributed by atoms with van der Waals surface area (Å²) in [5, 5.41) is 10.4. The van der Waals surface area contributed by atoms with Gasteiger partial charge in [-0.2, -0.15) is 18.3 Å². The molecule has 9 rings (SSSR count). The summed E-state index contributed by atoms with van der Waals surface area (Å²) < 4.78 is 47.0. The number of likely N-dealkylation sites (tertiary alicyclic amines) is 1. The number of anilines is 2. The second kappa shape index (κ2) is 14.7. The van der Waals surface area contributed by atoms with Crippen molar-refractivity contribution in [2.24, 2.45) is 10.8 Å². The fourth-order valence-electron chi connectivity index (χ4n) is 9.66. The van der Waals surface area contributed by atoms with Gasteiger partial charge >= 0.3 is 6.18 Å². The zero-order valence-corrected chi connectivity index (χ0v) is 33.5. The van der Waals surface area contributed by atoms with Gasteiger partial charge in [-0.3, -0.25) is 43.7 Å². The van der Waals surface area contributed by atoms with Crippen LogP contribution in [0.4, 0.5) is 24.5 Å². The predicted molar refractivity (Wildman–Crippen MR) is 213 cm³/mol. The number of imide groups is 2. The van der Waals surface area contributed by atoms with Crippen LogP contribution in [0.3, 0.4) is 0 Å². The number of pyridine rings is 1. The highest BCUT2D eigenvalue weighted by molar-refractivity contribution is 6.23. The van der Waals surface area contributed by atoms with Gasteiger partial charge in [0.1, 0.15) is 23.2 Å². The van der Waals surface area contributed by atoms with Crippen molar-refractivity contribution in [1.29, 1.82) is 0 Å². The Labute approximate surface area is 347 Å². The van der Waals surface area contributed by atoms with Crippen molar-refractivity contribution in [2.75, 3.05) is 43.5 Å². The second-order valence-electron chi connectivity index (χ2n) is 17.2. The van der Waals surface area contributed by atoms with Gasteiger partial charge in [-0.05, 0) is 86.8 Å². The lowest BCUT2D eigenvalue weighted by atomic mass is 9.60. The van der Waals surface area contributed by atoms with Crippen molar-refractivity contribution in [3.05, 3.63) is 77.2 Å². The van der Waals surface area contributed by atoms with Gasteiger partial charge in [0.25, 0.3) is 17.7 Å². The van der Waals surface area contributed by atoms with Crippen molar-refractivity contribution in [1.82, 2.24) is 29.9 Å². The summed E-state index contributed by atoms with van der Waals surface area (Å²) in [4.78, 5) is 86.2. The number of methoxy groups -OCH3 is 1. The molecule has 6 heterocycles. The number of carbonyl (C=O) groups is 6. The van der Waals surface area contributed by atoms with E-state index in [0.717, 1.165) is 53.8 Å². The molecule has 4 fully saturated rings. The summed E-state index contributed by atoms with van der Waals surface area (Å²) >= 11 is 0. The summed E-state index contributed by atoms with van der Waals surface area (Å²) in [7, 11) is 1.43. The number of alkyl halides is 3. The van der Waals surface area contributed by atoms with E-state index in [4.69, 9.17) is 9.84 Å². The van der Waals surface area contributed by atoms with E-state index in [0.29, 0.717) is 50.3 Å². The highest BCUT2D eigenvalue weighted by Gasteiger charge is 2.50. The number of hydrogen-bond donors (Lipinski definition) is 2. The summed E-state index contributed by atoms with van der Waals surface area (Å²) in [5.74, 6) is -2.54. The van der Waals surface area contributed by atoms with Crippen LogP contribution in [0, 0.1) is 10.8 Å². The van der Waals surface area contributed by atoms with Gasteiger partial charge in [-0.15, -0.1) is 0 Å². The molecule has 2 aromatic carbocycles. The lowest BCUT2D eigenvalue weighted by Gasteiger charge is -2.53. The average molecular weight is 841 g/mol. The second-order valence-corrected chi connectivity index (χ2v) is 17.2. The van der Waals surface area contributed by atoms with E-state index in [-0.39, 0.29) is 52.7 Å². The van der Waals surface area contributed by atoms with Crippen molar-refractivity contribution in [2.45, 2.75) is 76.6 Å². The van der Waals surface area contributed by atoms with Crippen molar-refractivity contribution in [3.8, 4) is 5.75 Å². The summed E-state index contributed by atoms with van der Waals surface area (Å²) in [6.45, 7) is 4.53. The van der Waals surface area contributed by atoms with Crippen LogP contribution in [-0.2, 0) is 20.6 Å². The quantitative estimate of drug-likeness (QED) is 0.231. The molecular weight excluding hydrogens is 798 g/mol. The topological polar surface area (TPSA) is 176 Å². The lowest BCUT2D eigenvalue weighted by Crippen LogP contribution is -2.54. The number of piperidine rings is 3. The molecule has 61 heavy (non-hydrogen) atoms. The molecule has 4 aliphatic heterocycles. The first-order valence-electron chi connectivity index (χ1n) is 20.4. The molecule has 6 amide bonds. The van der Waals surface area contributed by atoms with Crippen LogP contribution in [0.2, 0.25) is 0 Å². The molecule has 18 heteroatoms. The molecule has 1 aliphatic carbocycles. The van der Waals surface area contributed by atoms with E-state index >= 15 is 0 Å². The van der Waals surface area contributed by atoms with E-state index in [9.17, 15) is 41.9 Å². The standard InChI is InChI=1S/C43H43F3N8O7/c1-41(10-14-51(15-11-41)25-6-7-27-28(19-25)39(59)54(38(27)58)32-8-9-35(55)49-37(32)57)40(60)52-16-12-42(13-17-52)21-26(22-42)53-23-24-18-31(33(61-2)20-30(24)50-53)48-36(56)29-4-3-5-34(47-29)43(44,45)46/h3-7,18-20,23,26,32H,8-17,21-22H2,1-2H3,(H,48,56)(H,49,55,57). The molecule has 1 unspecified atom stereocenters. The lowest BCUT2D eigenvalue weighted by molar-refractivity contribution is -0.146. The Morgan fingerprint density at radius 3 is 2.33 bits per heavy atom. The molecular formula is C43H43F3N8O7. The summed E-state index contributed by atoms with van der Waals surface area (Å²) in [5.41, 5.74) is 0.144. The van der Waals surface area contributed by atoms with Gasteiger partial charge in [0, 0.05) is 61.4 Å².